The van der Waals surface area contributed by atoms with Crippen molar-refractivity contribution in [2.45, 2.75) is 72.1 Å². The second kappa shape index (κ2) is 20.2. The van der Waals surface area contributed by atoms with Gasteiger partial charge in [-0.3, -0.25) is 0 Å². The van der Waals surface area contributed by atoms with Gasteiger partial charge < -0.3 is 14.9 Å². The fourth-order valence-electron chi connectivity index (χ4n) is 1.62. The number of hydrogen-bond donors (Lipinski definition) is 2. The van der Waals surface area contributed by atoms with E-state index in [9.17, 15) is 0 Å². The van der Waals surface area contributed by atoms with E-state index in [1.54, 1.807) is 0 Å². The third-order valence-corrected chi connectivity index (χ3v) is 3.11. The number of aliphatic hydroxyl groups excluding tert-OH is 2. The summed E-state index contributed by atoms with van der Waals surface area (Å²) in [4.78, 5) is 0. The molecule has 0 saturated carbocycles. The van der Waals surface area contributed by atoms with Crippen molar-refractivity contribution in [2.24, 2.45) is 5.92 Å². The van der Waals surface area contributed by atoms with E-state index in [2.05, 4.69) is 20.8 Å². The number of unbranched alkanes of at least 4 members (excludes halogenated alkanes) is 3. The van der Waals surface area contributed by atoms with Crippen LogP contribution in [-0.4, -0.2) is 36.6 Å². The summed E-state index contributed by atoms with van der Waals surface area (Å²) in [5.74, 6) is 0.803. The molecule has 0 amide bonds. The van der Waals surface area contributed by atoms with E-state index < -0.39 is 0 Å². The van der Waals surface area contributed by atoms with Crippen LogP contribution in [0.2, 0.25) is 0 Å². The number of aliphatic hydroxyl groups is 2. The standard InChI is InChI=1S/C12H26O.C4H10O2/c1-4-7-9-12(6-3)11-13-10-8-5-2;5-3-1-2-4-6/h12H,4-11H2,1-3H3;5-6H,1-4H2. The Morgan fingerprint density at radius 2 is 1.42 bits per heavy atom. The van der Waals surface area contributed by atoms with Crippen LogP contribution in [0.5, 0.6) is 0 Å². The van der Waals surface area contributed by atoms with Crippen LogP contribution in [0, 0.1) is 5.92 Å². The Morgan fingerprint density at radius 1 is 0.842 bits per heavy atom. The van der Waals surface area contributed by atoms with Crippen molar-refractivity contribution < 1.29 is 14.9 Å². The van der Waals surface area contributed by atoms with Crippen LogP contribution < -0.4 is 0 Å². The van der Waals surface area contributed by atoms with Gasteiger partial charge in [0.05, 0.1) is 0 Å². The van der Waals surface area contributed by atoms with Crippen LogP contribution in [0.1, 0.15) is 72.1 Å². The quantitative estimate of drug-likeness (QED) is 0.533. The van der Waals surface area contributed by atoms with E-state index in [4.69, 9.17) is 14.9 Å². The van der Waals surface area contributed by atoms with Crippen LogP contribution in [0.3, 0.4) is 0 Å². The highest BCUT2D eigenvalue weighted by Crippen LogP contribution is 2.12. The van der Waals surface area contributed by atoms with Gasteiger partial charge in [0.2, 0.25) is 0 Å². The molecule has 0 aromatic heterocycles. The first kappa shape index (κ1) is 21.2. The average Bonchev–Trinajstić information content (AvgIpc) is 2.45. The molecule has 118 valence electrons. The normalized spacial score (nSPS) is 11.8. The van der Waals surface area contributed by atoms with Gasteiger partial charge >= 0.3 is 0 Å². The molecule has 0 radical (unpaired) electrons. The molecule has 1 atom stereocenters. The third kappa shape index (κ3) is 20.4. The van der Waals surface area contributed by atoms with Crippen molar-refractivity contribution in [3.05, 3.63) is 0 Å². The summed E-state index contributed by atoms with van der Waals surface area (Å²) < 4.78 is 5.62. The van der Waals surface area contributed by atoms with E-state index in [1.807, 2.05) is 0 Å². The zero-order valence-corrected chi connectivity index (χ0v) is 13.4. The van der Waals surface area contributed by atoms with Crippen molar-refractivity contribution in [3.63, 3.8) is 0 Å². The molecule has 0 aromatic carbocycles. The molecule has 0 rings (SSSR count). The maximum absolute atomic E-state index is 8.09. The van der Waals surface area contributed by atoms with Crippen LogP contribution in [0.25, 0.3) is 0 Å². The third-order valence-electron chi connectivity index (χ3n) is 3.11. The van der Waals surface area contributed by atoms with E-state index in [1.165, 1.54) is 38.5 Å². The molecule has 0 aliphatic rings. The van der Waals surface area contributed by atoms with E-state index >= 15 is 0 Å². The number of rotatable bonds is 12. The first-order valence-corrected chi connectivity index (χ1v) is 8.06. The molecule has 0 bridgehead atoms. The van der Waals surface area contributed by atoms with E-state index in [-0.39, 0.29) is 13.2 Å². The second-order valence-corrected chi connectivity index (χ2v) is 5.00. The van der Waals surface area contributed by atoms with Crippen molar-refractivity contribution in [2.75, 3.05) is 26.4 Å². The summed E-state index contributed by atoms with van der Waals surface area (Å²) in [6.45, 7) is 9.06. The molecule has 3 heteroatoms. The van der Waals surface area contributed by atoms with Gasteiger partial charge in [-0.05, 0) is 31.6 Å². The average molecular weight is 276 g/mol. The summed E-state index contributed by atoms with van der Waals surface area (Å²) in [6.07, 6.45) is 9.18. The Bertz CT molecular complexity index is 136. The fraction of sp³-hybridized carbons (Fsp3) is 1.00. The highest BCUT2D eigenvalue weighted by atomic mass is 16.5. The summed E-state index contributed by atoms with van der Waals surface area (Å²) in [6, 6.07) is 0. The van der Waals surface area contributed by atoms with Crippen LogP contribution in [-0.2, 0) is 4.74 Å². The van der Waals surface area contributed by atoms with Crippen LogP contribution in [0.15, 0.2) is 0 Å². The van der Waals surface area contributed by atoms with Gasteiger partial charge in [-0.15, -0.1) is 0 Å². The van der Waals surface area contributed by atoms with Crippen molar-refractivity contribution in [1.29, 1.82) is 0 Å². The van der Waals surface area contributed by atoms with Gasteiger partial charge in [-0.2, -0.15) is 0 Å². The molecule has 0 heterocycles. The van der Waals surface area contributed by atoms with Crippen LogP contribution >= 0.6 is 0 Å². The minimum absolute atomic E-state index is 0.195. The zero-order chi connectivity index (χ0) is 14.8. The van der Waals surface area contributed by atoms with Crippen molar-refractivity contribution in [1.82, 2.24) is 0 Å². The smallest absolute Gasteiger partial charge is 0.0494 e. The monoisotopic (exact) mass is 276 g/mol. The van der Waals surface area contributed by atoms with Crippen LogP contribution in [0.4, 0.5) is 0 Å². The SMILES string of the molecule is CCCCOCC(CC)CCCC.OCCCCO. The lowest BCUT2D eigenvalue weighted by Gasteiger charge is -2.14. The summed E-state index contributed by atoms with van der Waals surface area (Å²) >= 11 is 0. The maximum atomic E-state index is 8.09. The Labute approximate surface area is 120 Å². The Hall–Kier alpha value is -0.120. The predicted octanol–water partition coefficient (Wildman–Crippen LogP) is 3.77. The predicted molar refractivity (Wildman–Crippen MR) is 82.4 cm³/mol. The maximum Gasteiger partial charge on any atom is 0.0494 e. The lowest BCUT2D eigenvalue weighted by molar-refractivity contribution is 0.0918. The fourth-order valence-corrected chi connectivity index (χ4v) is 1.62. The molecule has 0 spiro atoms. The number of hydrogen-bond acceptors (Lipinski definition) is 3. The van der Waals surface area contributed by atoms with E-state index in [0.717, 1.165) is 32.0 Å². The zero-order valence-electron chi connectivity index (χ0n) is 13.4. The summed E-state index contributed by atoms with van der Waals surface area (Å²) in [5.41, 5.74) is 0. The second-order valence-electron chi connectivity index (χ2n) is 5.00. The van der Waals surface area contributed by atoms with Crippen molar-refractivity contribution >= 4 is 0 Å². The van der Waals surface area contributed by atoms with Gasteiger partial charge in [-0.1, -0.05) is 46.5 Å². The summed E-state index contributed by atoms with van der Waals surface area (Å²) in [7, 11) is 0. The molecule has 2 N–H and O–H groups in total. The molecular weight excluding hydrogens is 240 g/mol. The minimum Gasteiger partial charge on any atom is -0.396 e. The molecule has 1 unspecified atom stereocenters. The molecule has 3 nitrogen and oxygen atoms in total. The lowest BCUT2D eigenvalue weighted by Crippen LogP contribution is -2.09. The Kier molecular flexibility index (Phi) is 22.5. The van der Waals surface area contributed by atoms with Gasteiger partial charge in [0, 0.05) is 26.4 Å². The first-order valence-electron chi connectivity index (χ1n) is 8.06. The van der Waals surface area contributed by atoms with Crippen molar-refractivity contribution in [3.8, 4) is 0 Å². The molecular formula is C16H36O3. The molecule has 0 aromatic rings. The number of ether oxygens (including phenoxy) is 1. The highest BCUT2D eigenvalue weighted by Gasteiger charge is 2.04. The molecule has 0 saturated heterocycles. The molecule has 0 fully saturated rings. The molecule has 0 aliphatic carbocycles. The highest BCUT2D eigenvalue weighted by molar-refractivity contribution is 4.55. The van der Waals surface area contributed by atoms with Gasteiger partial charge in [-0.25, -0.2) is 0 Å². The summed E-state index contributed by atoms with van der Waals surface area (Å²) in [5, 5.41) is 16.2. The van der Waals surface area contributed by atoms with E-state index in [0.29, 0.717) is 0 Å². The topological polar surface area (TPSA) is 49.7 Å². The van der Waals surface area contributed by atoms with Gasteiger partial charge in [0.15, 0.2) is 0 Å². The molecule has 19 heavy (non-hydrogen) atoms. The Balaban J connectivity index is 0. The largest absolute Gasteiger partial charge is 0.396 e. The van der Waals surface area contributed by atoms with Gasteiger partial charge in [0.25, 0.3) is 0 Å². The molecule has 0 aliphatic heterocycles. The first-order chi connectivity index (χ1) is 9.26. The lowest BCUT2D eigenvalue weighted by atomic mass is 10.0. The minimum atomic E-state index is 0.195. The van der Waals surface area contributed by atoms with Gasteiger partial charge in [0.1, 0.15) is 0 Å². The Morgan fingerprint density at radius 3 is 1.84 bits per heavy atom.